The van der Waals surface area contributed by atoms with E-state index in [4.69, 9.17) is 0 Å². The molecule has 4 rings (SSSR count). The van der Waals surface area contributed by atoms with Gasteiger partial charge in [0.05, 0.1) is 11.5 Å². The molecule has 1 aromatic rings. The van der Waals surface area contributed by atoms with Gasteiger partial charge in [-0.15, -0.1) is 0 Å². The standard InChI is InChI=1S/C18H30N4O2S/c23-25(24)11-8-17(13-25)21-9-6-16(7-10-21)18-19-14-20-22(18)12-15-4-2-1-3-5-15/h14-17H,1-13H2/t17-/m1/s1. The molecule has 3 aliphatic rings. The molecule has 6 nitrogen and oxygen atoms in total. The molecule has 1 aliphatic carbocycles. The molecular weight excluding hydrogens is 336 g/mol. The van der Waals surface area contributed by atoms with Gasteiger partial charge in [0, 0.05) is 18.5 Å². The van der Waals surface area contributed by atoms with Crippen molar-refractivity contribution < 1.29 is 8.42 Å². The van der Waals surface area contributed by atoms with E-state index < -0.39 is 9.84 Å². The fourth-order valence-corrected chi connectivity index (χ4v) is 6.69. The van der Waals surface area contributed by atoms with E-state index in [0.29, 0.717) is 17.4 Å². The number of hydrogen-bond donors (Lipinski definition) is 0. The molecule has 2 saturated heterocycles. The molecule has 2 aliphatic heterocycles. The molecular formula is C18H30N4O2S. The van der Waals surface area contributed by atoms with Crippen LogP contribution in [-0.2, 0) is 16.4 Å². The average molecular weight is 367 g/mol. The molecule has 0 unspecified atom stereocenters. The van der Waals surface area contributed by atoms with Crippen molar-refractivity contribution >= 4 is 9.84 Å². The average Bonchev–Trinajstić information content (AvgIpc) is 3.22. The van der Waals surface area contributed by atoms with Crippen LogP contribution in [0.15, 0.2) is 6.33 Å². The van der Waals surface area contributed by atoms with Gasteiger partial charge in [0.2, 0.25) is 0 Å². The summed E-state index contributed by atoms with van der Waals surface area (Å²) in [6.45, 7) is 3.00. The van der Waals surface area contributed by atoms with Crippen molar-refractivity contribution in [2.24, 2.45) is 5.92 Å². The van der Waals surface area contributed by atoms with Crippen molar-refractivity contribution in [3.8, 4) is 0 Å². The van der Waals surface area contributed by atoms with E-state index in [1.807, 2.05) is 0 Å². The van der Waals surface area contributed by atoms with E-state index in [2.05, 4.69) is 19.7 Å². The van der Waals surface area contributed by atoms with Crippen LogP contribution in [0.1, 0.15) is 63.1 Å². The van der Waals surface area contributed by atoms with Crippen LogP contribution >= 0.6 is 0 Å². The molecule has 0 radical (unpaired) electrons. The summed E-state index contributed by atoms with van der Waals surface area (Å²) in [5, 5.41) is 4.51. The van der Waals surface area contributed by atoms with E-state index in [9.17, 15) is 8.42 Å². The summed E-state index contributed by atoms with van der Waals surface area (Å²) in [4.78, 5) is 6.98. The molecule has 1 saturated carbocycles. The van der Waals surface area contributed by atoms with Crippen LogP contribution in [0.4, 0.5) is 0 Å². The van der Waals surface area contributed by atoms with E-state index in [0.717, 1.165) is 50.6 Å². The lowest BCUT2D eigenvalue weighted by Crippen LogP contribution is -2.42. The Hall–Kier alpha value is -0.950. The monoisotopic (exact) mass is 366 g/mol. The SMILES string of the molecule is O=S1(=O)CC[C@@H](N2CCC(c3ncnn3CC3CCCCC3)CC2)C1. The molecule has 0 amide bonds. The second kappa shape index (κ2) is 7.35. The van der Waals surface area contributed by atoms with Gasteiger partial charge in [0.1, 0.15) is 12.2 Å². The van der Waals surface area contributed by atoms with Crippen LogP contribution in [0.3, 0.4) is 0 Å². The molecule has 0 N–H and O–H groups in total. The topological polar surface area (TPSA) is 68.1 Å². The van der Waals surface area contributed by atoms with Crippen molar-refractivity contribution in [3.63, 3.8) is 0 Å². The minimum atomic E-state index is -2.79. The van der Waals surface area contributed by atoms with Gasteiger partial charge in [0.15, 0.2) is 9.84 Å². The van der Waals surface area contributed by atoms with Crippen LogP contribution in [0.25, 0.3) is 0 Å². The van der Waals surface area contributed by atoms with Gasteiger partial charge in [-0.1, -0.05) is 19.3 Å². The van der Waals surface area contributed by atoms with Crippen LogP contribution in [0, 0.1) is 5.92 Å². The smallest absolute Gasteiger partial charge is 0.151 e. The number of hydrogen-bond acceptors (Lipinski definition) is 5. The Bertz CT molecular complexity index is 673. The van der Waals surface area contributed by atoms with E-state index in [1.165, 1.54) is 32.1 Å². The Morgan fingerprint density at radius 3 is 2.48 bits per heavy atom. The molecule has 3 heterocycles. The molecule has 0 spiro atoms. The lowest BCUT2D eigenvalue weighted by molar-refractivity contribution is 0.160. The fourth-order valence-electron chi connectivity index (χ4n) is 4.93. The third-order valence-corrected chi connectivity index (χ3v) is 8.17. The Kier molecular flexibility index (Phi) is 5.13. The quantitative estimate of drug-likeness (QED) is 0.817. The van der Waals surface area contributed by atoms with Crippen molar-refractivity contribution in [2.45, 2.75) is 69.9 Å². The number of piperidine rings is 1. The summed E-state index contributed by atoms with van der Waals surface area (Å²) in [6.07, 6.45) is 11.4. The summed E-state index contributed by atoms with van der Waals surface area (Å²) in [5.74, 6) is 3.12. The summed E-state index contributed by atoms with van der Waals surface area (Å²) < 4.78 is 25.6. The highest BCUT2D eigenvalue weighted by Gasteiger charge is 2.35. The van der Waals surface area contributed by atoms with Crippen molar-refractivity contribution in [3.05, 3.63) is 12.2 Å². The molecule has 140 valence electrons. The molecule has 1 aromatic heterocycles. The summed E-state index contributed by atoms with van der Waals surface area (Å²) in [7, 11) is -2.79. The molecule has 25 heavy (non-hydrogen) atoms. The molecule has 0 aromatic carbocycles. The fraction of sp³-hybridized carbons (Fsp3) is 0.889. The number of rotatable bonds is 4. The highest BCUT2D eigenvalue weighted by atomic mass is 32.2. The third kappa shape index (κ3) is 4.08. The summed E-state index contributed by atoms with van der Waals surface area (Å²) in [6, 6.07) is 0.242. The van der Waals surface area contributed by atoms with Gasteiger partial charge < -0.3 is 0 Å². The normalized spacial score (nSPS) is 29.2. The molecule has 0 bridgehead atoms. The Morgan fingerprint density at radius 1 is 1.04 bits per heavy atom. The Balaban J connectivity index is 1.34. The van der Waals surface area contributed by atoms with E-state index in [-0.39, 0.29) is 6.04 Å². The first kappa shape index (κ1) is 17.5. The number of aromatic nitrogens is 3. The van der Waals surface area contributed by atoms with Crippen LogP contribution < -0.4 is 0 Å². The minimum absolute atomic E-state index is 0.242. The molecule has 1 atom stereocenters. The van der Waals surface area contributed by atoms with Crippen LogP contribution in [0.2, 0.25) is 0 Å². The minimum Gasteiger partial charge on any atom is -0.299 e. The van der Waals surface area contributed by atoms with Crippen LogP contribution in [0.5, 0.6) is 0 Å². The molecule has 3 fully saturated rings. The van der Waals surface area contributed by atoms with E-state index in [1.54, 1.807) is 6.33 Å². The predicted octanol–water partition coefficient (Wildman–Crippen LogP) is 2.22. The van der Waals surface area contributed by atoms with Crippen molar-refractivity contribution in [1.82, 2.24) is 19.7 Å². The highest BCUT2D eigenvalue weighted by molar-refractivity contribution is 7.91. The molecule has 7 heteroatoms. The lowest BCUT2D eigenvalue weighted by atomic mass is 9.89. The summed E-state index contributed by atoms with van der Waals surface area (Å²) >= 11 is 0. The predicted molar refractivity (Wildman–Crippen MR) is 97.2 cm³/mol. The Labute approximate surface area is 150 Å². The second-order valence-electron chi connectivity index (χ2n) is 8.17. The third-order valence-electron chi connectivity index (χ3n) is 6.42. The zero-order chi connectivity index (χ0) is 17.3. The van der Waals surface area contributed by atoms with Gasteiger partial charge in [-0.3, -0.25) is 4.90 Å². The largest absolute Gasteiger partial charge is 0.299 e. The van der Waals surface area contributed by atoms with Crippen molar-refractivity contribution in [1.29, 1.82) is 0 Å². The first-order chi connectivity index (χ1) is 12.1. The maximum Gasteiger partial charge on any atom is 0.151 e. The van der Waals surface area contributed by atoms with Gasteiger partial charge in [-0.25, -0.2) is 18.1 Å². The number of nitrogens with zero attached hydrogens (tertiary/aromatic N) is 4. The first-order valence-electron chi connectivity index (χ1n) is 9.93. The lowest BCUT2D eigenvalue weighted by Gasteiger charge is -2.35. The van der Waals surface area contributed by atoms with Crippen LogP contribution in [-0.4, -0.2) is 58.7 Å². The Morgan fingerprint density at radius 2 is 1.80 bits per heavy atom. The number of likely N-dealkylation sites (tertiary alicyclic amines) is 1. The van der Waals surface area contributed by atoms with Gasteiger partial charge in [0.25, 0.3) is 0 Å². The van der Waals surface area contributed by atoms with Crippen molar-refractivity contribution in [2.75, 3.05) is 24.6 Å². The summed E-state index contributed by atoms with van der Waals surface area (Å²) in [5.41, 5.74) is 0. The highest BCUT2D eigenvalue weighted by Crippen LogP contribution is 2.31. The second-order valence-corrected chi connectivity index (χ2v) is 10.4. The first-order valence-corrected chi connectivity index (χ1v) is 11.7. The zero-order valence-electron chi connectivity index (χ0n) is 15.0. The van der Waals surface area contributed by atoms with Gasteiger partial charge in [-0.05, 0) is 51.1 Å². The maximum absolute atomic E-state index is 11.7. The maximum atomic E-state index is 11.7. The van der Waals surface area contributed by atoms with Gasteiger partial charge >= 0.3 is 0 Å². The number of sulfone groups is 1. The van der Waals surface area contributed by atoms with Gasteiger partial charge in [-0.2, -0.15) is 5.10 Å². The van der Waals surface area contributed by atoms with E-state index >= 15 is 0 Å². The zero-order valence-corrected chi connectivity index (χ0v) is 15.8.